The Morgan fingerprint density at radius 1 is 1.04 bits per heavy atom. The minimum absolute atomic E-state index is 0.131. The summed E-state index contributed by atoms with van der Waals surface area (Å²) < 4.78 is 21.9. The van der Waals surface area contributed by atoms with Gasteiger partial charge >= 0.3 is 5.91 Å². The molecule has 1 heterocycles. The molecule has 0 saturated carbocycles. The van der Waals surface area contributed by atoms with Gasteiger partial charge in [-0.05, 0) is 36.4 Å². The first-order valence-electron chi connectivity index (χ1n) is 6.52. The van der Waals surface area contributed by atoms with E-state index in [1.165, 1.54) is 24.3 Å². The number of fused-ring (bicyclic) bond motifs is 1. The minimum atomic E-state index is -2.17. The summed E-state index contributed by atoms with van der Waals surface area (Å²) in [4.78, 5) is 12.4. The van der Waals surface area contributed by atoms with Crippen molar-refractivity contribution in [3.05, 3.63) is 58.9 Å². The van der Waals surface area contributed by atoms with E-state index in [0.717, 1.165) is 12.1 Å². The Labute approximate surface area is 156 Å². The Bertz CT molecular complexity index is 794. The lowest BCUT2D eigenvalue weighted by molar-refractivity contribution is -0.0953. The van der Waals surface area contributed by atoms with Gasteiger partial charge < -0.3 is 9.47 Å². The number of carbonyl (C=O) groups is 1. The fraction of sp³-hybridized carbons (Fsp3) is 0.133. The van der Waals surface area contributed by atoms with Crippen LogP contribution >= 0.6 is 46.4 Å². The van der Waals surface area contributed by atoms with Crippen molar-refractivity contribution in [1.29, 1.82) is 0 Å². The first kappa shape index (κ1) is 17.4. The zero-order valence-electron chi connectivity index (χ0n) is 11.7. The molecule has 1 aliphatic heterocycles. The highest BCUT2D eigenvalue weighted by atomic mass is 35.6. The lowest BCUT2D eigenvalue weighted by Gasteiger charge is -2.33. The van der Waals surface area contributed by atoms with Gasteiger partial charge in [-0.2, -0.15) is 0 Å². The van der Waals surface area contributed by atoms with Crippen LogP contribution in [0.4, 0.5) is 4.39 Å². The summed E-state index contributed by atoms with van der Waals surface area (Å²) in [6.07, 6.45) is 0. The lowest BCUT2D eigenvalue weighted by Crippen LogP contribution is -2.63. The van der Waals surface area contributed by atoms with Crippen LogP contribution in [0.2, 0.25) is 5.02 Å². The van der Waals surface area contributed by atoms with E-state index in [9.17, 15) is 9.18 Å². The normalized spacial score (nSPS) is 19.2. The molecule has 1 aliphatic rings. The van der Waals surface area contributed by atoms with Crippen molar-refractivity contribution in [3.8, 4) is 11.5 Å². The van der Waals surface area contributed by atoms with Crippen molar-refractivity contribution in [3.63, 3.8) is 0 Å². The smallest absolute Gasteiger partial charge is 0.388 e. The van der Waals surface area contributed by atoms with Gasteiger partial charge in [0.2, 0.25) is 0 Å². The molecule has 0 bridgehead atoms. The fourth-order valence-corrected chi connectivity index (χ4v) is 2.57. The SMILES string of the molecule is O=C(NC1(C(Cl)(Cl)Cl)Oc2ccc(Cl)cc2O1)c1ccc(F)cc1. The Balaban J connectivity index is 1.92. The van der Waals surface area contributed by atoms with Crippen LogP contribution in [0.25, 0.3) is 0 Å². The molecule has 1 amide bonds. The number of halogens is 5. The average Bonchev–Trinajstić information content (AvgIpc) is 2.86. The summed E-state index contributed by atoms with van der Waals surface area (Å²) in [7, 11) is 0. The van der Waals surface area contributed by atoms with Crippen LogP contribution in [0.1, 0.15) is 10.4 Å². The third kappa shape index (κ3) is 3.22. The predicted molar refractivity (Wildman–Crippen MR) is 89.6 cm³/mol. The summed E-state index contributed by atoms with van der Waals surface area (Å²) in [6.45, 7) is 0. The molecular formula is C15H8Cl4FNO3. The van der Waals surface area contributed by atoms with Crippen molar-refractivity contribution < 1.29 is 18.7 Å². The van der Waals surface area contributed by atoms with E-state index in [0.29, 0.717) is 5.02 Å². The molecule has 24 heavy (non-hydrogen) atoms. The molecule has 126 valence electrons. The first-order chi connectivity index (χ1) is 11.2. The Hall–Kier alpha value is -1.40. The molecule has 3 rings (SSSR count). The van der Waals surface area contributed by atoms with E-state index < -0.39 is 21.4 Å². The third-order valence-electron chi connectivity index (χ3n) is 3.17. The number of hydrogen-bond donors (Lipinski definition) is 1. The molecule has 2 aromatic rings. The van der Waals surface area contributed by atoms with Gasteiger partial charge in [0.25, 0.3) is 9.70 Å². The van der Waals surface area contributed by atoms with Gasteiger partial charge in [0.05, 0.1) is 0 Å². The quantitative estimate of drug-likeness (QED) is 0.729. The molecule has 0 radical (unpaired) electrons. The molecule has 4 nitrogen and oxygen atoms in total. The van der Waals surface area contributed by atoms with Crippen molar-refractivity contribution in [2.45, 2.75) is 9.70 Å². The highest BCUT2D eigenvalue weighted by Gasteiger charge is 2.59. The van der Waals surface area contributed by atoms with Gasteiger partial charge in [-0.15, -0.1) is 0 Å². The molecule has 0 aromatic heterocycles. The summed E-state index contributed by atoms with van der Waals surface area (Å²) in [5, 5.41) is 2.77. The van der Waals surface area contributed by atoms with Gasteiger partial charge in [0, 0.05) is 16.7 Å². The number of ether oxygens (including phenoxy) is 2. The zero-order chi connectivity index (χ0) is 17.5. The van der Waals surface area contributed by atoms with Crippen molar-refractivity contribution >= 4 is 52.3 Å². The maximum absolute atomic E-state index is 13.0. The second-order valence-electron chi connectivity index (χ2n) is 4.87. The van der Waals surface area contributed by atoms with Gasteiger partial charge in [0.1, 0.15) is 5.82 Å². The summed E-state index contributed by atoms with van der Waals surface area (Å²) in [6, 6.07) is 9.33. The number of hydrogen-bond acceptors (Lipinski definition) is 3. The van der Waals surface area contributed by atoms with Crippen molar-refractivity contribution in [1.82, 2.24) is 5.32 Å². The Morgan fingerprint density at radius 2 is 1.67 bits per heavy atom. The van der Waals surface area contributed by atoms with Gasteiger partial charge in [-0.1, -0.05) is 46.4 Å². The molecule has 0 aliphatic carbocycles. The predicted octanol–water partition coefficient (Wildman–Crippen LogP) is 4.70. The molecule has 0 spiro atoms. The summed E-state index contributed by atoms with van der Waals surface area (Å²) >= 11 is 23.8. The molecular weight excluding hydrogens is 403 g/mol. The zero-order valence-corrected chi connectivity index (χ0v) is 14.7. The van der Waals surface area contributed by atoms with E-state index in [1.807, 2.05) is 0 Å². The second-order valence-corrected chi connectivity index (χ2v) is 7.59. The van der Waals surface area contributed by atoms with E-state index in [4.69, 9.17) is 55.9 Å². The fourth-order valence-electron chi connectivity index (χ4n) is 2.04. The van der Waals surface area contributed by atoms with Crippen LogP contribution in [-0.4, -0.2) is 15.6 Å². The molecule has 0 saturated heterocycles. The van der Waals surface area contributed by atoms with E-state index in [1.54, 1.807) is 6.07 Å². The van der Waals surface area contributed by atoms with Gasteiger partial charge in [0.15, 0.2) is 11.5 Å². The Morgan fingerprint density at radius 3 is 2.29 bits per heavy atom. The van der Waals surface area contributed by atoms with Crippen LogP contribution in [0.3, 0.4) is 0 Å². The molecule has 0 fully saturated rings. The minimum Gasteiger partial charge on any atom is -0.428 e. The van der Waals surface area contributed by atoms with Crippen LogP contribution in [0, 0.1) is 5.82 Å². The highest BCUT2D eigenvalue weighted by molar-refractivity contribution is 6.68. The lowest BCUT2D eigenvalue weighted by atomic mass is 10.2. The highest BCUT2D eigenvalue weighted by Crippen LogP contribution is 2.49. The van der Waals surface area contributed by atoms with Gasteiger partial charge in [-0.25, -0.2) is 4.39 Å². The monoisotopic (exact) mass is 409 g/mol. The van der Waals surface area contributed by atoms with Crippen molar-refractivity contribution in [2.75, 3.05) is 0 Å². The summed E-state index contributed by atoms with van der Waals surface area (Å²) in [5.74, 6) is -2.83. The number of amides is 1. The average molecular weight is 411 g/mol. The standard InChI is InChI=1S/C15H8Cl4FNO3/c16-9-3-6-11-12(7-9)24-15(23-11,14(17,18)19)21-13(22)8-1-4-10(20)5-2-8/h1-7H,(H,21,22). The van der Waals surface area contributed by atoms with Crippen LogP contribution in [0.5, 0.6) is 11.5 Å². The van der Waals surface area contributed by atoms with Crippen molar-refractivity contribution in [2.24, 2.45) is 0 Å². The van der Waals surface area contributed by atoms with E-state index in [2.05, 4.69) is 5.32 Å². The first-order valence-corrected chi connectivity index (χ1v) is 8.04. The maximum atomic E-state index is 13.0. The molecule has 1 N–H and O–H groups in total. The van der Waals surface area contributed by atoms with E-state index >= 15 is 0 Å². The molecule has 1 unspecified atom stereocenters. The summed E-state index contributed by atoms with van der Waals surface area (Å²) in [5.41, 5.74) is 0.131. The number of benzene rings is 2. The Kier molecular flexibility index (Phi) is 4.47. The molecule has 1 atom stereocenters. The van der Waals surface area contributed by atoms with Crippen LogP contribution < -0.4 is 14.8 Å². The third-order valence-corrected chi connectivity index (χ3v) is 4.15. The number of nitrogens with one attached hydrogen (secondary N) is 1. The maximum Gasteiger partial charge on any atom is 0.388 e. The number of rotatable bonds is 2. The largest absolute Gasteiger partial charge is 0.428 e. The second kappa shape index (κ2) is 6.15. The topological polar surface area (TPSA) is 47.6 Å². The molecule has 2 aromatic carbocycles. The van der Waals surface area contributed by atoms with Gasteiger partial charge in [-0.3, -0.25) is 10.1 Å². The number of carbonyl (C=O) groups excluding carboxylic acids is 1. The molecule has 9 heteroatoms. The van der Waals surface area contributed by atoms with E-state index in [-0.39, 0.29) is 17.1 Å². The number of alkyl halides is 3. The van der Waals surface area contributed by atoms with Crippen LogP contribution in [-0.2, 0) is 0 Å². The van der Waals surface area contributed by atoms with Crippen LogP contribution in [0.15, 0.2) is 42.5 Å².